The van der Waals surface area contributed by atoms with Gasteiger partial charge in [-0.05, 0) is 37.6 Å². The van der Waals surface area contributed by atoms with Crippen LogP contribution in [0.3, 0.4) is 0 Å². The maximum atomic E-state index is 11.6. The molecule has 0 fully saturated rings. The summed E-state index contributed by atoms with van der Waals surface area (Å²) < 4.78 is 11.3. The fraction of sp³-hybridized carbons (Fsp3) is 0.333. The van der Waals surface area contributed by atoms with Crippen molar-refractivity contribution < 1.29 is 14.3 Å². The second-order valence-electron chi connectivity index (χ2n) is 6.65. The van der Waals surface area contributed by atoms with Gasteiger partial charge in [-0.1, -0.05) is 43.0 Å². The lowest BCUT2D eigenvalue weighted by molar-refractivity contribution is -0.122. The summed E-state index contributed by atoms with van der Waals surface area (Å²) in [7, 11) is 0. The van der Waals surface area contributed by atoms with Crippen LogP contribution in [0.4, 0.5) is 0 Å². The molecular formula is C24H33IN4O3. The molecule has 32 heavy (non-hydrogen) atoms. The van der Waals surface area contributed by atoms with Crippen molar-refractivity contribution in [1.29, 1.82) is 0 Å². The SMILES string of the molecule is C=CCOc1ccccc1CNC(=NCc1cccc(OCC(=O)NCC)c1)NCC.I. The number of hydrogen-bond donors (Lipinski definition) is 3. The van der Waals surface area contributed by atoms with Gasteiger partial charge in [-0.15, -0.1) is 24.0 Å². The zero-order chi connectivity index (χ0) is 22.3. The van der Waals surface area contributed by atoms with Crippen molar-refractivity contribution in [3.8, 4) is 11.5 Å². The van der Waals surface area contributed by atoms with Gasteiger partial charge in [0.2, 0.25) is 0 Å². The summed E-state index contributed by atoms with van der Waals surface area (Å²) in [6, 6.07) is 15.5. The summed E-state index contributed by atoms with van der Waals surface area (Å²) in [5.41, 5.74) is 2.02. The van der Waals surface area contributed by atoms with Crippen molar-refractivity contribution in [2.75, 3.05) is 26.3 Å². The van der Waals surface area contributed by atoms with E-state index >= 15 is 0 Å². The Kier molecular flexibility index (Phi) is 13.6. The molecule has 2 aromatic rings. The molecule has 0 heterocycles. The number of aliphatic imine (C=N–C) groups is 1. The highest BCUT2D eigenvalue weighted by Gasteiger charge is 2.05. The fourth-order valence-corrected chi connectivity index (χ4v) is 2.76. The van der Waals surface area contributed by atoms with Crippen molar-refractivity contribution in [3.63, 3.8) is 0 Å². The van der Waals surface area contributed by atoms with Crippen LogP contribution < -0.4 is 25.4 Å². The third kappa shape index (κ3) is 10.0. The maximum Gasteiger partial charge on any atom is 0.257 e. The predicted octanol–water partition coefficient (Wildman–Crippen LogP) is 3.64. The number of para-hydroxylation sites is 1. The second-order valence-corrected chi connectivity index (χ2v) is 6.65. The molecule has 0 aliphatic heterocycles. The first-order valence-electron chi connectivity index (χ1n) is 10.5. The average molecular weight is 552 g/mol. The highest BCUT2D eigenvalue weighted by Crippen LogP contribution is 2.18. The summed E-state index contributed by atoms with van der Waals surface area (Å²) in [6.07, 6.45) is 1.73. The summed E-state index contributed by atoms with van der Waals surface area (Å²) in [5.74, 6) is 2.03. The Labute approximate surface area is 207 Å². The Morgan fingerprint density at radius 3 is 2.56 bits per heavy atom. The van der Waals surface area contributed by atoms with E-state index in [1.807, 2.05) is 62.4 Å². The quantitative estimate of drug-likeness (QED) is 0.162. The smallest absolute Gasteiger partial charge is 0.257 e. The maximum absolute atomic E-state index is 11.6. The van der Waals surface area contributed by atoms with E-state index in [-0.39, 0.29) is 36.5 Å². The van der Waals surface area contributed by atoms with Crippen LogP contribution in [0.2, 0.25) is 0 Å². The number of likely N-dealkylation sites (N-methyl/N-ethyl adjacent to an activating group) is 1. The lowest BCUT2D eigenvalue weighted by Gasteiger charge is -2.14. The van der Waals surface area contributed by atoms with Crippen molar-refractivity contribution >= 4 is 35.8 Å². The number of carbonyl (C=O) groups is 1. The number of rotatable bonds is 12. The summed E-state index contributed by atoms with van der Waals surface area (Å²) in [6.45, 7) is 10.4. The van der Waals surface area contributed by atoms with Crippen LogP contribution in [-0.2, 0) is 17.9 Å². The Morgan fingerprint density at radius 2 is 1.81 bits per heavy atom. The average Bonchev–Trinajstić information content (AvgIpc) is 2.79. The first-order valence-corrected chi connectivity index (χ1v) is 10.5. The summed E-state index contributed by atoms with van der Waals surface area (Å²) >= 11 is 0. The minimum atomic E-state index is -0.137. The number of carbonyl (C=O) groups excluding carboxylic acids is 1. The number of benzene rings is 2. The van der Waals surface area contributed by atoms with Crippen LogP contribution >= 0.6 is 24.0 Å². The number of nitrogens with zero attached hydrogens (tertiary/aromatic N) is 1. The van der Waals surface area contributed by atoms with E-state index in [0.717, 1.165) is 23.4 Å². The standard InChI is InChI=1S/C24H32N4O3.HI/c1-4-14-30-22-13-8-7-11-20(22)17-28-24(26-6-3)27-16-19-10-9-12-21(15-19)31-18-23(29)25-5-2;/h4,7-13,15H,1,5-6,14,16-18H2,2-3H3,(H,25,29)(H2,26,27,28);1H. The molecular weight excluding hydrogens is 519 g/mol. The van der Waals surface area contributed by atoms with Crippen molar-refractivity contribution in [3.05, 3.63) is 72.3 Å². The highest BCUT2D eigenvalue weighted by molar-refractivity contribution is 14.0. The van der Waals surface area contributed by atoms with Crippen molar-refractivity contribution in [2.45, 2.75) is 26.9 Å². The predicted molar refractivity (Wildman–Crippen MR) is 140 cm³/mol. The third-order valence-electron chi connectivity index (χ3n) is 4.18. The molecule has 7 nitrogen and oxygen atoms in total. The third-order valence-corrected chi connectivity index (χ3v) is 4.18. The molecule has 8 heteroatoms. The normalized spacial score (nSPS) is 10.5. The molecule has 0 aliphatic rings. The van der Waals surface area contributed by atoms with Gasteiger partial charge < -0.3 is 25.4 Å². The molecule has 0 aliphatic carbocycles. The Morgan fingerprint density at radius 1 is 1.03 bits per heavy atom. The highest BCUT2D eigenvalue weighted by atomic mass is 127. The molecule has 174 valence electrons. The van der Waals surface area contributed by atoms with Crippen LogP contribution in [0.15, 0.2) is 66.2 Å². The van der Waals surface area contributed by atoms with E-state index in [4.69, 9.17) is 9.47 Å². The lowest BCUT2D eigenvalue weighted by atomic mass is 10.2. The van der Waals surface area contributed by atoms with Gasteiger partial charge in [-0.25, -0.2) is 4.99 Å². The van der Waals surface area contributed by atoms with Crippen LogP contribution in [-0.4, -0.2) is 38.2 Å². The van der Waals surface area contributed by atoms with E-state index in [9.17, 15) is 4.79 Å². The molecule has 0 bridgehead atoms. The molecule has 3 N–H and O–H groups in total. The summed E-state index contributed by atoms with van der Waals surface area (Å²) in [4.78, 5) is 16.2. The number of nitrogens with one attached hydrogen (secondary N) is 3. The monoisotopic (exact) mass is 552 g/mol. The molecule has 2 rings (SSSR count). The van der Waals surface area contributed by atoms with E-state index in [1.165, 1.54) is 0 Å². The van der Waals surface area contributed by atoms with E-state index < -0.39 is 0 Å². The summed E-state index contributed by atoms with van der Waals surface area (Å²) in [5, 5.41) is 9.30. The van der Waals surface area contributed by atoms with Gasteiger partial charge in [0.15, 0.2) is 12.6 Å². The Hall–Kier alpha value is -2.75. The molecule has 0 spiro atoms. The van der Waals surface area contributed by atoms with E-state index in [1.54, 1.807) is 6.08 Å². The molecule has 0 saturated heterocycles. The molecule has 2 aromatic carbocycles. The Balaban J connectivity index is 0.00000512. The van der Waals surface area contributed by atoms with Crippen molar-refractivity contribution in [2.24, 2.45) is 4.99 Å². The number of hydrogen-bond acceptors (Lipinski definition) is 4. The van der Waals surface area contributed by atoms with Gasteiger partial charge in [-0.2, -0.15) is 0 Å². The van der Waals surface area contributed by atoms with Crippen LogP contribution in [0, 0.1) is 0 Å². The van der Waals surface area contributed by atoms with Gasteiger partial charge in [-0.3, -0.25) is 4.79 Å². The van der Waals surface area contributed by atoms with E-state index in [2.05, 4.69) is 27.5 Å². The van der Waals surface area contributed by atoms with Crippen LogP contribution in [0.5, 0.6) is 11.5 Å². The minimum Gasteiger partial charge on any atom is -0.489 e. The molecule has 0 unspecified atom stereocenters. The topological polar surface area (TPSA) is 84.0 Å². The molecule has 0 aromatic heterocycles. The zero-order valence-corrected chi connectivity index (χ0v) is 21.1. The number of ether oxygens (including phenoxy) is 2. The number of guanidine groups is 1. The lowest BCUT2D eigenvalue weighted by Crippen LogP contribution is -2.36. The molecule has 1 amide bonds. The van der Waals surface area contributed by atoms with Crippen molar-refractivity contribution in [1.82, 2.24) is 16.0 Å². The minimum absolute atomic E-state index is 0. The zero-order valence-electron chi connectivity index (χ0n) is 18.7. The van der Waals surface area contributed by atoms with Gasteiger partial charge >= 0.3 is 0 Å². The first-order chi connectivity index (χ1) is 15.2. The van der Waals surface area contributed by atoms with Gasteiger partial charge in [0.05, 0.1) is 6.54 Å². The largest absolute Gasteiger partial charge is 0.489 e. The second kappa shape index (κ2) is 16.0. The number of amides is 1. The Bertz CT molecular complexity index is 874. The fourth-order valence-electron chi connectivity index (χ4n) is 2.76. The van der Waals surface area contributed by atoms with Crippen LogP contribution in [0.25, 0.3) is 0 Å². The van der Waals surface area contributed by atoms with Gasteiger partial charge in [0, 0.05) is 25.2 Å². The van der Waals surface area contributed by atoms with Gasteiger partial charge in [0.1, 0.15) is 18.1 Å². The van der Waals surface area contributed by atoms with Gasteiger partial charge in [0.25, 0.3) is 5.91 Å². The molecule has 0 atom stereocenters. The number of halogens is 1. The van der Waals surface area contributed by atoms with Crippen LogP contribution in [0.1, 0.15) is 25.0 Å². The molecule has 0 radical (unpaired) electrons. The van der Waals surface area contributed by atoms with E-state index in [0.29, 0.717) is 38.0 Å². The first kappa shape index (κ1) is 27.3. The molecule has 0 saturated carbocycles.